The van der Waals surface area contributed by atoms with Crippen LogP contribution >= 0.6 is 11.6 Å². The van der Waals surface area contributed by atoms with E-state index in [-0.39, 0.29) is 11.6 Å². The molecule has 2 aromatic rings. The minimum absolute atomic E-state index is 0.0561. The first kappa shape index (κ1) is 13.6. The summed E-state index contributed by atoms with van der Waals surface area (Å²) < 4.78 is 18.6. The zero-order chi connectivity index (χ0) is 13.8. The molecule has 0 spiro atoms. The smallest absolute Gasteiger partial charge is 0.153 e. The average Bonchev–Trinajstić information content (AvgIpc) is 2.41. The Hall–Kier alpha value is -1.87. The Morgan fingerprint density at radius 2 is 2.05 bits per heavy atom. The highest BCUT2D eigenvalue weighted by atomic mass is 35.5. The van der Waals surface area contributed by atoms with Crippen LogP contribution in [0.5, 0.6) is 5.75 Å². The van der Waals surface area contributed by atoms with E-state index in [9.17, 15) is 9.18 Å². The lowest BCUT2D eigenvalue weighted by molar-refractivity contribution is 0.111. The van der Waals surface area contributed by atoms with Crippen molar-refractivity contribution >= 4 is 17.9 Å². The molecule has 2 aromatic carbocycles. The highest BCUT2D eigenvalue weighted by molar-refractivity contribution is 6.30. The van der Waals surface area contributed by atoms with Gasteiger partial charge in [-0.05, 0) is 36.8 Å². The van der Waals surface area contributed by atoms with Crippen molar-refractivity contribution < 1.29 is 13.9 Å². The van der Waals surface area contributed by atoms with Gasteiger partial charge in [-0.2, -0.15) is 0 Å². The molecule has 0 aliphatic rings. The number of carbonyl (C=O) groups is 1. The molecule has 4 heteroatoms. The van der Waals surface area contributed by atoms with E-state index in [0.29, 0.717) is 11.3 Å². The van der Waals surface area contributed by atoms with Crippen molar-refractivity contribution in [3.63, 3.8) is 0 Å². The Morgan fingerprint density at radius 3 is 2.74 bits per heavy atom. The van der Waals surface area contributed by atoms with E-state index in [4.69, 9.17) is 16.3 Å². The molecule has 0 fully saturated rings. The van der Waals surface area contributed by atoms with Crippen LogP contribution in [0.2, 0.25) is 5.02 Å². The van der Waals surface area contributed by atoms with E-state index >= 15 is 0 Å². The lowest BCUT2D eigenvalue weighted by atomic mass is 10.1. The Bertz CT molecular complexity index is 611. The molecule has 0 radical (unpaired) electrons. The lowest BCUT2D eigenvalue weighted by Crippen LogP contribution is -1.99. The standard InChI is InChI=1S/C15H12ClFO2/c1-10-2-5-15(12(6-10)8-18)19-9-11-3-4-14(17)13(16)7-11/h2-8H,9H2,1H3. The summed E-state index contributed by atoms with van der Waals surface area (Å²) in [6, 6.07) is 9.74. The first-order chi connectivity index (χ1) is 9.10. The van der Waals surface area contributed by atoms with Gasteiger partial charge in [-0.3, -0.25) is 4.79 Å². The molecule has 19 heavy (non-hydrogen) atoms. The fraction of sp³-hybridized carbons (Fsp3) is 0.133. The van der Waals surface area contributed by atoms with Gasteiger partial charge in [0.15, 0.2) is 6.29 Å². The van der Waals surface area contributed by atoms with Gasteiger partial charge < -0.3 is 4.74 Å². The summed E-state index contributed by atoms with van der Waals surface area (Å²) >= 11 is 5.69. The summed E-state index contributed by atoms with van der Waals surface area (Å²) in [6.07, 6.45) is 0.750. The fourth-order valence-corrected chi connectivity index (χ4v) is 1.89. The molecule has 0 N–H and O–H groups in total. The molecule has 0 unspecified atom stereocenters. The monoisotopic (exact) mass is 278 g/mol. The molecule has 0 atom stereocenters. The molecule has 98 valence electrons. The molecule has 0 amide bonds. The second-order valence-corrected chi connectivity index (χ2v) is 4.60. The number of ether oxygens (including phenoxy) is 1. The van der Waals surface area contributed by atoms with E-state index in [2.05, 4.69) is 0 Å². The molecule has 0 heterocycles. The van der Waals surface area contributed by atoms with Gasteiger partial charge in [-0.1, -0.05) is 29.3 Å². The highest BCUT2D eigenvalue weighted by Gasteiger charge is 2.05. The normalized spacial score (nSPS) is 10.3. The summed E-state index contributed by atoms with van der Waals surface area (Å²) in [7, 11) is 0. The molecular weight excluding hydrogens is 267 g/mol. The van der Waals surface area contributed by atoms with Crippen molar-refractivity contribution in [2.24, 2.45) is 0 Å². The summed E-state index contributed by atoms with van der Waals surface area (Å²) in [5, 5.41) is 0.0561. The van der Waals surface area contributed by atoms with Crippen LogP contribution in [0.3, 0.4) is 0 Å². The van der Waals surface area contributed by atoms with Crippen molar-refractivity contribution in [1.82, 2.24) is 0 Å². The molecule has 0 aromatic heterocycles. The van der Waals surface area contributed by atoms with Crippen LogP contribution in [0.1, 0.15) is 21.5 Å². The van der Waals surface area contributed by atoms with Gasteiger partial charge in [0.1, 0.15) is 18.2 Å². The van der Waals surface area contributed by atoms with E-state index in [1.807, 2.05) is 13.0 Å². The first-order valence-electron chi connectivity index (χ1n) is 5.72. The van der Waals surface area contributed by atoms with Crippen LogP contribution < -0.4 is 4.74 Å². The second kappa shape index (κ2) is 5.85. The average molecular weight is 279 g/mol. The Morgan fingerprint density at radius 1 is 1.26 bits per heavy atom. The number of aldehydes is 1. The van der Waals surface area contributed by atoms with E-state index < -0.39 is 5.82 Å². The molecule has 0 saturated carbocycles. The molecular formula is C15H12ClFO2. The number of carbonyl (C=O) groups excluding carboxylic acids is 1. The number of benzene rings is 2. The van der Waals surface area contributed by atoms with Gasteiger partial charge in [-0.25, -0.2) is 4.39 Å². The zero-order valence-corrected chi connectivity index (χ0v) is 11.1. The summed E-state index contributed by atoms with van der Waals surface area (Å²) in [6.45, 7) is 2.13. The van der Waals surface area contributed by atoms with Gasteiger partial charge >= 0.3 is 0 Å². The van der Waals surface area contributed by atoms with Crippen molar-refractivity contribution in [1.29, 1.82) is 0 Å². The first-order valence-corrected chi connectivity index (χ1v) is 6.10. The topological polar surface area (TPSA) is 26.3 Å². The third-order valence-corrected chi connectivity index (χ3v) is 2.96. The van der Waals surface area contributed by atoms with Crippen molar-refractivity contribution in [3.05, 3.63) is 63.9 Å². The minimum Gasteiger partial charge on any atom is -0.488 e. The quantitative estimate of drug-likeness (QED) is 0.784. The van der Waals surface area contributed by atoms with E-state index in [1.165, 1.54) is 12.1 Å². The second-order valence-electron chi connectivity index (χ2n) is 4.20. The fourth-order valence-electron chi connectivity index (χ4n) is 1.68. The molecule has 0 aliphatic heterocycles. The Kier molecular flexibility index (Phi) is 4.17. The number of aryl methyl sites for hydroxylation is 1. The van der Waals surface area contributed by atoms with E-state index in [0.717, 1.165) is 17.4 Å². The highest BCUT2D eigenvalue weighted by Crippen LogP contribution is 2.21. The molecule has 0 aliphatic carbocycles. The molecule has 2 nitrogen and oxygen atoms in total. The van der Waals surface area contributed by atoms with Crippen LogP contribution in [0.4, 0.5) is 4.39 Å². The zero-order valence-electron chi connectivity index (χ0n) is 10.3. The number of rotatable bonds is 4. The summed E-state index contributed by atoms with van der Waals surface area (Å²) in [5.74, 6) is 0.0374. The predicted molar refractivity (Wildman–Crippen MR) is 72.3 cm³/mol. The van der Waals surface area contributed by atoms with Crippen LogP contribution in [-0.2, 0) is 6.61 Å². The van der Waals surface area contributed by atoms with Crippen LogP contribution in [-0.4, -0.2) is 6.29 Å². The Balaban J connectivity index is 2.14. The van der Waals surface area contributed by atoms with Gasteiger partial charge in [0.25, 0.3) is 0 Å². The lowest BCUT2D eigenvalue weighted by Gasteiger charge is -2.09. The number of halogens is 2. The summed E-state index contributed by atoms with van der Waals surface area (Å²) in [5.41, 5.74) is 2.22. The largest absolute Gasteiger partial charge is 0.488 e. The SMILES string of the molecule is Cc1ccc(OCc2ccc(F)c(Cl)c2)c(C=O)c1. The summed E-state index contributed by atoms with van der Waals surface area (Å²) in [4.78, 5) is 10.9. The van der Waals surface area contributed by atoms with Gasteiger partial charge in [-0.15, -0.1) is 0 Å². The van der Waals surface area contributed by atoms with E-state index in [1.54, 1.807) is 18.2 Å². The number of hydrogen-bond acceptors (Lipinski definition) is 2. The van der Waals surface area contributed by atoms with Crippen molar-refractivity contribution in [2.75, 3.05) is 0 Å². The van der Waals surface area contributed by atoms with Crippen LogP contribution in [0.15, 0.2) is 36.4 Å². The molecule has 0 bridgehead atoms. The van der Waals surface area contributed by atoms with Crippen molar-refractivity contribution in [2.45, 2.75) is 13.5 Å². The minimum atomic E-state index is -0.464. The Labute approximate surface area is 115 Å². The van der Waals surface area contributed by atoms with Crippen LogP contribution in [0.25, 0.3) is 0 Å². The van der Waals surface area contributed by atoms with Gasteiger partial charge in [0.2, 0.25) is 0 Å². The van der Waals surface area contributed by atoms with Gasteiger partial charge in [0.05, 0.1) is 10.6 Å². The van der Waals surface area contributed by atoms with Crippen LogP contribution in [0, 0.1) is 12.7 Å². The third-order valence-electron chi connectivity index (χ3n) is 2.67. The molecule has 0 saturated heterocycles. The van der Waals surface area contributed by atoms with Crippen molar-refractivity contribution in [3.8, 4) is 5.75 Å². The maximum Gasteiger partial charge on any atom is 0.153 e. The number of hydrogen-bond donors (Lipinski definition) is 0. The maximum atomic E-state index is 13.0. The molecule has 2 rings (SSSR count). The third kappa shape index (κ3) is 3.32. The predicted octanol–water partition coefficient (Wildman–Crippen LogP) is 4.18. The van der Waals surface area contributed by atoms with Gasteiger partial charge in [0, 0.05) is 0 Å². The maximum absolute atomic E-state index is 13.0.